The second-order valence-electron chi connectivity index (χ2n) is 3.46. The first kappa shape index (κ1) is 11.1. The number of halogens is 1. The highest BCUT2D eigenvalue weighted by atomic mass is 19.1. The number of hydrogen-bond donors (Lipinski definition) is 2. The third-order valence-corrected chi connectivity index (χ3v) is 2.21. The fourth-order valence-electron chi connectivity index (χ4n) is 1.47. The first-order chi connectivity index (χ1) is 8.06. The van der Waals surface area contributed by atoms with Crippen molar-refractivity contribution in [2.24, 2.45) is 0 Å². The number of benzene rings is 1. The summed E-state index contributed by atoms with van der Waals surface area (Å²) in [4.78, 5) is 24.6. The second-order valence-corrected chi connectivity index (χ2v) is 3.46. The zero-order chi connectivity index (χ0) is 12.4. The van der Waals surface area contributed by atoms with Crippen LogP contribution in [0.2, 0.25) is 0 Å². The summed E-state index contributed by atoms with van der Waals surface area (Å²) >= 11 is 0. The molecule has 0 amide bonds. The Morgan fingerprint density at radius 2 is 2.00 bits per heavy atom. The van der Waals surface area contributed by atoms with Crippen molar-refractivity contribution in [2.75, 3.05) is 0 Å². The summed E-state index contributed by atoms with van der Waals surface area (Å²) in [6.45, 7) is 0. The van der Waals surface area contributed by atoms with E-state index in [0.29, 0.717) is 5.56 Å². The van der Waals surface area contributed by atoms with Crippen LogP contribution in [0.5, 0.6) is 0 Å². The van der Waals surface area contributed by atoms with Crippen molar-refractivity contribution in [1.29, 1.82) is 0 Å². The Labute approximate surface area is 95.4 Å². The lowest BCUT2D eigenvalue weighted by molar-refractivity contribution is 0.0690. The molecule has 2 N–H and O–H groups in total. The summed E-state index contributed by atoms with van der Waals surface area (Å²) in [5.74, 6) is -1.69. The molecule has 0 saturated carbocycles. The number of hydrogen-bond acceptors (Lipinski definition) is 2. The monoisotopic (exact) mass is 233 g/mol. The molecular weight excluding hydrogens is 225 g/mol. The number of carbonyl (C=O) groups is 1. The van der Waals surface area contributed by atoms with Crippen LogP contribution in [0, 0.1) is 5.82 Å². The molecule has 0 spiro atoms. The standard InChI is InChI=1S/C12H8FNO3/c13-8-3-1-2-7(4-8)10-5-9(15)6-11(14-10)12(16)17/h1-6H,(H,14,15)(H,16,17). The molecule has 0 atom stereocenters. The average Bonchev–Trinajstić information content (AvgIpc) is 2.28. The van der Waals surface area contributed by atoms with Crippen molar-refractivity contribution >= 4 is 5.97 Å². The van der Waals surface area contributed by atoms with E-state index in [4.69, 9.17) is 5.11 Å². The molecule has 0 aliphatic carbocycles. The van der Waals surface area contributed by atoms with Gasteiger partial charge in [-0.1, -0.05) is 12.1 Å². The van der Waals surface area contributed by atoms with Gasteiger partial charge < -0.3 is 10.1 Å². The van der Waals surface area contributed by atoms with E-state index in [9.17, 15) is 14.0 Å². The molecule has 0 unspecified atom stereocenters. The van der Waals surface area contributed by atoms with Crippen LogP contribution in [-0.2, 0) is 0 Å². The lowest BCUT2D eigenvalue weighted by Gasteiger charge is -2.03. The van der Waals surface area contributed by atoms with Crippen LogP contribution in [0.3, 0.4) is 0 Å². The van der Waals surface area contributed by atoms with Gasteiger partial charge in [0, 0.05) is 23.4 Å². The molecule has 17 heavy (non-hydrogen) atoms. The van der Waals surface area contributed by atoms with Crippen LogP contribution in [0.15, 0.2) is 41.2 Å². The van der Waals surface area contributed by atoms with Gasteiger partial charge in [-0.2, -0.15) is 0 Å². The normalized spacial score (nSPS) is 10.2. The third-order valence-electron chi connectivity index (χ3n) is 2.21. The van der Waals surface area contributed by atoms with Crippen LogP contribution in [0.25, 0.3) is 11.3 Å². The summed E-state index contributed by atoms with van der Waals surface area (Å²) < 4.78 is 13.0. The second kappa shape index (κ2) is 4.21. The molecule has 2 rings (SSSR count). The number of carboxylic acids is 1. The smallest absolute Gasteiger partial charge is 0.352 e. The highest BCUT2D eigenvalue weighted by Gasteiger charge is 2.07. The van der Waals surface area contributed by atoms with Crippen LogP contribution in [-0.4, -0.2) is 16.1 Å². The van der Waals surface area contributed by atoms with E-state index in [-0.39, 0.29) is 11.4 Å². The first-order valence-electron chi connectivity index (χ1n) is 4.80. The topological polar surface area (TPSA) is 70.2 Å². The van der Waals surface area contributed by atoms with E-state index in [1.54, 1.807) is 6.07 Å². The Kier molecular flexibility index (Phi) is 2.74. The summed E-state index contributed by atoms with van der Waals surface area (Å²) in [6, 6.07) is 7.75. The van der Waals surface area contributed by atoms with E-state index < -0.39 is 17.2 Å². The van der Waals surface area contributed by atoms with Crippen LogP contribution in [0.1, 0.15) is 10.5 Å². The van der Waals surface area contributed by atoms with E-state index in [2.05, 4.69) is 4.98 Å². The van der Waals surface area contributed by atoms with Gasteiger partial charge in [0.25, 0.3) is 0 Å². The molecule has 1 aromatic carbocycles. The number of nitrogens with one attached hydrogen (secondary N) is 1. The van der Waals surface area contributed by atoms with E-state index in [1.807, 2.05) is 0 Å². The maximum Gasteiger partial charge on any atom is 0.352 e. The Morgan fingerprint density at radius 3 is 2.65 bits per heavy atom. The first-order valence-corrected chi connectivity index (χ1v) is 4.80. The van der Waals surface area contributed by atoms with E-state index in [1.165, 1.54) is 24.3 Å². The molecule has 86 valence electrons. The zero-order valence-electron chi connectivity index (χ0n) is 8.61. The zero-order valence-corrected chi connectivity index (χ0v) is 8.61. The number of aromatic nitrogens is 1. The Bertz CT molecular complexity index is 634. The van der Waals surface area contributed by atoms with Crippen LogP contribution in [0.4, 0.5) is 4.39 Å². The fraction of sp³-hybridized carbons (Fsp3) is 0. The molecule has 0 aliphatic heterocycles. The largest absolute Gasteiger partial charge is 0.477 e. The molecule has 2 aromatic rings. The van der Waals surface area contributed by atoms with Crippen LogP contribution < -0.4 is 5.43 Å². The van der Waals surface area contributed by atoms with Gasteiger partial charge in [-0.05, 0) is 12.1 Å². The molecule has 1 heterocycles. The van der Waals surface area contributed by atoms with Crippen molar-refractivity contribution in [3.05, 3.63) is 58.1 Å². The number of H-pyrrole nitrogens is 1. The summed E-state index contributed by atoms with van der Waals surface area (Å²) in [6.07, 6.45) is 0. The van der Waals surface area contributed by atoms with Crippen molar-refractivity contribution in [1.82, 2.24) is 4.98 Å². The summed E-state index contributed by atoms with van der Waals surface area (Å²) in [5, 5.41) is 8.79. The summed E-state index contributed by atoms with van der Waals surface area (Å²) in [5.41, 5.74) is 0.0248. The molecule has 4 nitrogen and oxygen atoms in total. The predicted molar refractivity (Wildman–Crippen MR) is 59.4 cm³/mol. The minimum atomic E-state index is -1.24. The average molecular weight is 233 g/mol. The SMILES string of the molecule is O=C(O)c1cc(=O)cc(-c2cccc(F)c2)[nH]1. The van der Waals surface area contributed by atoms with Crippen molar-refractivity contribution < 1.29 is 14.3 Å². The fourth-order valence-corrected chi connectivity index (χ4v) is 1.47. The van der Waals surface area contributed by atoms with Gasteiger partial charge in [-0.3, -0.25) is 4.79 Å². The highest BCUT2D eigenvalue weighted by molar-refractivity contribution is 5.86. The minimum Gasteiger partial charge on any atom is -0.477 e. The molecule has 1 aromatic heterocycles. The van der Waals surface area contributed by atoms with Gasteiger partial charge in [0.15, 0.2) is 5.43 Å². The van der Waals surface area contributed by atoms with E-state index in [0.717, 1.165) is 6.07 Å². The Hall–Kier alpha value is -2.43. The number of rotatable bonds is 2. The molecule has 0 radical (unpaired) electrons. The van der Waals surface area contributed by atoms with E-state index >= 15 is 0 Å². The highest BCUT2D eigenvalue weighted by Crippen LogP contribution is 2.16. The van der Waals surface area contributed by atoms with Gasteiger partial charge in [-0.25, -0.2) is 9.18 Å². The number of carboxylic acid groups (broad SMARTS) is 1. The lowest BCUT2D eigenvalue weighted by atomic mass is 10.1. The van der Waals surface area contributed by atoms with Crippen molar-refractivity contribution in [3.8, 4) is 11.3 Å². The summed E-state index contributed by atoms with van der Waals surface area (Å²) in [7, 11) is 0. The minimum absolute atomic E-state index is 0.225. The third kappa shape index (κ3) is 2.39. The molecular formula is C12H8FNO3. The van der Waals surface area contributed by atoms with Gasteiger partial charge in [0.05, 0.1) is 0 Å². The molecule has 0 saturated heterocycles. The number of aromatic carboxylic acids is 1. The molecule has 0 bridgehead atoms. The quantitative estimate of drug-likeness (QED) is 0.831. The van der Waals surface area contributed by atoms with Gasteiger partial charge in [0.1, 0.15) is 11.5 Å². The van der Waals surface area contributed by atoms with Crippen LogP contribution >= 0.6 is 0 Å². The Morgan fingerprint density at radius 1 is 1.24 bits per heavy atom. The Balaban J connectivity index is 2.60. The van der Waals surface area contributed by atoms with Crippen molar-refractivity contribution in [2.45, 2.75) is 0 Å². The van der Waals surface area contributed by atoms with Gasteiger partial charge in [-0.15, -0.1) is 0 Å². The maximum atomic E-state index is 13.0. The lowest BCUT2D eigenvalue weighted by Crippen LogP contribution is -2.09. The molecule has 5 heteroatoms. The van der Waals surface area contributed by atoms with Gasteiger partial charge >= 0.3 is 5.97 Å². The van der Waals surface area contributed by atoms with Crippen molar-refractivity contribution in [3.63, 3.8) is 0 Å². The predicted octanol–water partition coefficient (Wildman–Crippen LogP) is 1.88. The molecule has 0 fully saturated rings. The van der Waals surface area contributed by atoms with Gasteiger partial charge in [0.2, 0.25) is 0 Å². The molecule has 0 aliphatic rings. The maximum absolute atomic E-state index is 13.0. The number of pyridine rings is 1. The number of aromatic amines is 1.